The number of fused-ring (bicyclic) bond motifs is 1. The van der Waals surface area contributed by atoms with E-state index in [1.165, 1.54) is 39.5 Å². The monoisotopic (exact) mass is 380 g/mol. The Labute approximate surface area is 155 Å². The van der Waals surface area contributed by atoms with Crippen LogP contribution in [0.4, 0.5) is 0 Å². The number of rotatable bonds is 4. The fourth-order valence-electron chi connectivity index (χ4n) is 2.54. The van der Waals surface area contributed by atoms with Gasteiger partial charge in [0.05, 0.1) is 33.0 Å². The minimum absolute atomic E-state index is 0. The molecule has 0 bridgehead atoms. The van der Waals surface area contributed by atoms with Gasteiger partial charge >= 0.3 is 11.3 Å². The summed E-state index contributed by atoms with van der Waals surface area (Å²) < 4.78 is 21.3. The fourth-order valence-corrected chi connectivity index (χ4v) is 2.54. The second kappa shape index (κ2) is 7.45. The third-order valence-electron chi connectivity index (χ3n) is 3.80. The van der Waals surface area contributed by atoms with Gasteiger partial charge in [0.15, 0.2) is 11.5 Å². The van der Waals surface area contributed by atoms with E-state index >= 15 is 0 Å². The second-order valence-corrected chi connectivity index (χ2v) is 5.25. The molecule has 3 rings (SSSR count). The molecule has 3 aromatic rings. The zero-order valence-electron chi connectivity index (χ0n) is 14.2. The lowest BCUT2D eigenvalue weighted by Gasteiger charge is -2.07. The highest BCUT2D eigenvalue weighted by atomic mass is 35.5. The zero-order chi connectivity index (χ0) is 18.1. The topological polar surface area (TPSA) is 99.7 Å². The Morgan fingerprint density at radius 2 is 1.46 bits per heavy atom. The van der Waals surface area contributed by atoms with Crippen molar-refractivity contribution >= 4 is 11.0 Å². The predicted molar refractivity (Wildman–Crippen MR) is 90.7 cm³/mol. The summed E-state index contributed by atoms with van der Waals surface area (Å²) >= 11 is 0. The van der Waals surface area contributed by atoms with Crippen LogP contribution in [-0.2, 0) is 0 Å². The molecule has 8 heteroatoms. The Hall–Kier alpha value is -3.06. The molecule has 1 aromatic heterocycles. The standard InChI is InChI=1S/C18H16O7.ClH/c1-22-10-6-14(23-2)11-8-13(20)18(25-15(11)7-10)9-4-12(19)17(21)16(5-9)24-3;/h4-8H,1-3H3,(H2-,19,20,21);1H. The molecular weight excluding hydrogens is 364 g/mol. The zero-order valence-corrected chi connectivity index (χ0v) is 15.0. The van der Waals surface area contributed by atoms with Gasteiger partial charge in [0, 0.05) is 24.3 Å². The molecule has 0 aliphatic rings. The molecular formula is C18H17ClO7. The summed E-state index contributed by atoms with van der Waals surface area (Å²) in [4.78, 5) is 0. The highest BCUT2D eigenvalue weighted by Crippen LogP contribution is 2.44. The number of aromatic hydroxyl groups is 3. The van der Waals surface area contributed by atoms with Crippen LogP contribution in [0, 0.1) is 0 Å². The molecule has 1 heterocycles. The molecule has 0 aliphatic carbocycles. The van der Waals surface area contributed by atoms with Crippen LogP contribution in [0.2, 0.25) is 0 Å². The van der Waals surface area contributed by atoms with E-state index in [0.29, 0.717) is 28.0 Å². The van der Waals surface area contributed by atoms with Crippen molar-refractivity contribution in [3.63, 3.8) is 0 Å². The van der Waals surface area contributed by atoms with Crippen molar-refractivity contribution < 1.29 is 46.4 Å². The summed E-state index contributed by atoms with van der Waals surface area (Å²) in [5, 5.41) is 30.5. The number of phenolic OH excluding ortho intramolecular Hbond substituents is 2. The van der Waals surface area contributed by atoms with Crippen molar-refractivity contribution in [2.24, 2.45) is 0 Å². The van der Waals surface area contributed by atoms with E-state index in [9.17, 15) is 15.3 Å². The first kappa shape index (κ1) is 19.3. The van der Waals surface area contributed by atoms with E-state index in [0.717, 1.165) is 0 Å². The normalized spacial score (nSPS) is 10.3. The number of benzene rings is 2. The number of halogens is 1. The lowest BCUT2D eigenvalue weighted by molar-refractivity contribution is -0.00000900. The molecule has 0 radical (unpaired) electrons. The van der Waals surface area contributed by atoms with E-state index in [4.69, 9.17) is 18.6 Å². The molecule has 3 N–H and O–H groups in total. The van der Waals surface area contributed by atoms with Gasteiger partial charge in [0.25, 0.3) is 0 Å². The van der Waals surface area contributed by atoms with Crippen molar-refractivity contribution in [2.45, 2.75) is 0 Å². The number of methoxy groups -OCH3 is 3. The smallest absolute Gasteiger partial charge is 0.402 e. The highest BCUT2D eigenvalue weighted by molar-refractivity contribution is 5.89. The molecule has 138 valence electrons. The Balaban J connectivity index is 0.00000243. The minimum atomic E-state index is -0.396. The van der Waals surface area contributed by atoms with Gasteiger partial charge in [-0.1, -0.05) is 0 Å². The van der Waals surface area contributed by atoms with Crippen molar-refractivity contribution in [2.75, 3.05) is 21.3 Å². The molecule has 0 atom stereocenters. The van der Waals surface area contributed by atoms with Gasteiger partial charge in [-0.2, -0.15) is 0 Å². The molecule has 0 unspecified atom stereocenters. The first-order valence-electron chi connectivity index (χ1n) is 7.30. The van der Waals surface area contributed by atoms with Crippen molar-refractivity contribution in [1.29, 1.82) is 0 Å². The third-order valence-corrected chi connectivity index (χ3v) is 3.80. The van der Waals surface area contributed by atoms with E-state index in [-0.39, 0.29) is 29.7 Å². The van der Waals surface area contributed by atoms with Crippen molar-refractivity contribution in [1.82, 2.24) is 0 Å². The summed E-state index contributed by atoms with van der Waals surface area (Å²) in [6.07, 6.45) is 0. The summed E-state index contributed by atoms with van der Waals surface area (Å²) in [7, 11) is 4.37. The van der Waals surface area contributed by atoms with Crippen LogP contribution in [0.1, 0.15) is 0 Å². The Bertz CT molecular complexity index is 956. The van der Waals surface area contributed by atoms with Crippen LogP contribution >= 0.6 is 0 Å². The van der Waals surface area contributed by atoms with E-state index in [1.807, 2.05) is 0 Å². The van der Waals surface area contributed by atoms with Gasteiger partial charge in [0.1, 0.15) is 16.9 Å². The average molecular weight is 381 g/mol. The van der Waals surface area contributed by atoms with Gasteiger partial charge in [-0.15, -0.1) is 0 Å². The Kier molecular flexibility index (Phi) is 5.52. The fraction of sp³-hybridized carbons (Fsp3) is 0.167. The SMILES string of the molecule is COc1cc(OC)c2cc(O)c(-c3cc(O)c(O)c(OC)c3)[o+]c2c1.[Cl-]. The van der Waals surface area contributed by atoms with Gasteiger partial charge in [0.2, 0.25) is 11.5 Å². The second-order valence-electron chi connectivity index (χ2n) is 5.25. The van der Waals surface area contributed by atoms with E-state index < -0.39 is 11.5 Å². The third kappa shape index (κ3) is 3.21. The number of ether oxygens (including phenoxy) is 3. The maximum absolute atomic E-state index is 10.4. The predicted octanol–water partition coefficient (Wildman–Crippen LogP) is 0.528. The van der Waals surface area contributed by atoms with Crippen LogP contribution in [0.15, 0.2) is 34.7 Å². The average Bonchev–Trinajstić information content (AvgIpc) is 2.62. The lowest BCUT2D eigenvalue weighted by atomic mass is 10.1. The minimum Gasteiger partial charge on any atom is -1.00 e. The number of hydrogen-bond acceptors (Lipinski definition) is 6. The van der Waals surface area contributed by atoms with E-state index in [2.05, 4.69) is 0 Å². The quantitative estimate of drug-likeness (QED) is 0.448. The largest absolute Gasteiger partial charge is 1.00 e. The summed E-state index contributed by atoms with van der Waals surface area (Å²) in [6.45, 7) is 0. The maximum atomic E-state index is 10.4. The van der Waals surface area contributed by atoms with Gasteiger partial charge < -0.3 is 41.9 Å². The molecule has 0 spiro atoms. The molecule has 0 saturated carbocycles. The van der Waals surface area contributed by atoms with Gasteiger partial charge in [-0.25, -0.2) is 4.42 Å². The van der Waals surface area contributed by atoms with Gasteiger partial charge in [-0.3, -0.25) is 0 Å². The number of hydrogen-bond donors (Lipinski definition) is 3. The van der Waals surface area contributed by atoms with Crippen LogP contribution in [0.5, 0.6) is 34.5 Å². The summed E-state index contributed by atoms with van der Waals surface area (Å²) in [5.74, 6) is 0.191. The Morgan fingerprint density at radius 1 is 0.769 bits per heavy atom. The molecule has 26 heavy (non-hydrogen) atoms. The summed E-state index contributed by atoms with van der Waals surface area (Å²) in [5.41, 5.74) is 0.740. The number of phenols is 2. The molecule has 2 aromatic carbocycles. The highest BCUT2D eigenvalue weighted by Gasteiger charge is 2.26. The van der Waals surface area contributed by atoms with E-state index in [1.54, 1.807) is 12.1 Å². The maximum Gasteiger partial charge on any atom is 0.402 e. The van der Waals surface area contributed by atoms with Crippen molar-refractivity contribution in [3.05, 3.63) is 30.3 Å². The first-order valence-corrected chi connectivity index (χ1v) is 7.30. The van der Waals surface area contributed by atoms with Crippen LogP contribution < -0.4 is 26.6 Å². The lowest BCUT2D eigenvalue weighted by Crippen LogP contribution is -3.00. The molecule has 7 nitrogen and oxygen atoms in total. The molecule has 0 fully saturated rings. The first-order chi connectivity index (χ1) is 12.0. The van der Waals surface area contributed by atoms with Crippen LogP contribution in [0.3, 0.4) is 0 Å². The molecule has 0 amide bonds. The molecule has 0 saturated heterocycles. The molecule has 0 aliphatic heterocycles. The van der Waals surface area contributed by atoms with Gasteiger partial charge in [-0.05, 0) is 0 Å². The van der Waals surface area contributed by atoms with Crippen LogP contribution in [-0.4, -0.2) is 36.6 Å². The Morgan fingerprint density at radius 3 is 2.08 bits per heavy atom. The van der Waals surface area contributed by atoms with Crippen LogP contribution in [0.25, 0.3) is 22.3 Å². The summed E-state index contributed by atoms with van der Waals surface area (Å²) in [6, 6.07) is 7.52. The van der Waals surface area contributed by atoms with Crippen molar-refractivity contribution in [3.8, 4) is 45.8 Å².